The van der Waals surface area contributed by atoms with Gasteiger partial charge in [0.1, 0.15) is 0 Å². The van der Waals surface area contributed by atoms with Gasteiger partial charge in [0, 0.05) is 11.6 Å². The summed E-state index contributed by atoms with van der Waals surface area (Å²) in [6, 6.07) is 5.44. The summed E-state index contributed by atoms with van der Waals surface area (Å²) >= 11 is 5.90. The molecule has 0 atom stereocenters. The smallest absolute Gasteiger partial charge is 0.306 e. The van der Waals surface area contributed by atoms with Crippen molar-refractivity contribution in [2.75, 3.05) is 0 Å². The van der Waals surface area contributed by atoms with Crippen LogP contribution in [0.25, 0.3) is 11.0 Å². The highest BCUT2D eigenvalue weighted by Crippen LogP contribution is 2.16. The van der Waals surface area contributed by atoms with Gasteiger partial charge in [0.25, 0.3) is 0 Å². The number of nitrogens with one attached hydrogen (secondary N) is 1. The predicted octanol–water partition coefficient (Wildman–Crippen LogP) is 3.81. The van der Waals surface area contributed by atoms with Gasteiger partial charge in [0.15, 0.2) is 0 Å². The van der Waals surface area contributed by atoms with Crippen molar-refractivity contribution in [3.8, 4) is 0 Å². The molecule has 94 valence electrons. The Kier molecular flexibility index (Phi) is 5.29. The Morgan fingerprint density at radius 3 is 2.71 bits per heavy atom. The van der Waals surface area contributed by atoms with Crippen LogP contribution in [0, 0.1) is 0 Å². The maximum Gasteiger partial charge on any atom is 0.326 e. The van der Waals surface area contributed by atoms with Crippen LogP contribution in [-0.4, -0.2) is 9.55 Å². The molecule has 0 saturated heterocycles. The molecule has 0 fully saturated rings. The molecular formula is C13H19ClN2O. The van der Waals surface area contributed by atoms with Gasteiger partial charge in [-0.1, -0.05) is 38.8 Å². The number of benzene rings is 1. The number of aromatic nitrogens is 2. The van der Waals surface area contributed by atoms with E-state index in [1.165, 1.54) is 0 Å². The number of hydrogen-bond acceptors (Lipinski definition) is 1. The van der Waals surface area contributed by atoms with Crippen molar-refractivity contribution in [2.24, 2.45) is 0 Å². The van der Waals surface area contributed by atoms with Crippen LogP contribution in [0.5, 0.6) is 0 Å². The lowest BCUT2D eigenvalue weighted by Gasteiger charge is -2.01. The van der Waals surface area contributed by atoms with Crippen molar-refractivity contribution < 1.29 is 0 Å². The van der Waals surface area contributed by atoms with Gasteiger partial charge in [0.2, 0.25) is 0 Å². The van der Waals surface area contributed by atoms with Crippen molar-refractivity contribution in [3.63, 3.8) is 0 Å². The normalized spacial score (nSPS) is 10.1. The Labute approximate surface area is 106 Å². The Balaban J connectivity index is 0.000000686. The lowest BCUT2D eigenvalue weighted by atomic mass is 10.3. The lowest BCUT2D eigenvalue weighted by molar-refractivity contribution is 0.629. The molecule has 0 aliphatic rings. The summed E-state index contributed by atoms with van der Waals surface area (Å²) in [5.74, 6) is 0. The number of hydrogen-bond donors (Lipinski definition) is 1. The molecular weight excluding hydrogens is 236 g/mol. The van der Waals surface area contributed by atoms with E-state index in [0.29, 0.717) is 5.02 Å². The fourth-order valence-electron chi connectivity index (χ4n) is 1.66. The molecule has 0 radical (unpaired) electrons. The van der Waals surface area contributed by atoms with E-state index in [9.17, 15) is 4.79 Å². The summed E-state index contributed by atoms with van der Waals surface area (Å²) in [5.41, 5.74) is 1.68. The molecule has 0 amide bonds. The van der Waals surface area contributed by atoms with Crippen LogP contribution >= 0.6 is 11.6 Å². The summed E-state index contributed by atoms with van der Waals surface area (Å²) in [4.78, 5) is 14.4. The highest BCUT2D eigenvalue weighted by molar-refractivity contribution is 6.31. The first-order valence-corrected chi connectivity index (χ1v) is 6.48. The molecule has 4 heteroatoms. The molecule has 2 aromatic rings. The first kappa shape index (κ1) is 13.8. The summed E-state index contributed by atoms with van der Waals surface area (Å²) in [7, 11) is 0. The third kappa shape index (κ3) is 3.13. The molecule has 0 unspecified atom stereocenters. The van der Waals surface area contributed by atoms with Crippen molar-refractivity contribution >= 4 is 22.6 Å². The zero-order valence-electron chi connectivity index (χ0n) is 10.6. The minimum atomic E-state index is -0.0549. The zero-order chi connectivity index (χ0) is 12.8. The van der Waals surface area contributed by atoms with Gasteiger partial charge in [-0.3, -0.25) is 4.57 Å². The maximum absolute atomic E-state index is 11.6. The van der Waals surface area contributed by atoms with Crippen molar-refractivity contribution in [3.05, 3.63) is 33.7 Å². The Morgan fingerprint density at radius 2 is 2.06 bits per heavy atom. The van der Waals surface area contributed by atoms with Crippen molar-refractivity contribution in [2.45, 2.75) is 40.2 Å². The number of H-pyrrole nitrogens is 1. The van der Waals surface area contributed by atoms with Gasteiger partial charge in [-0.25, -0.2) is 4.79 Å². The van der Waals surface area contributed by atoms with Gasteiger partial charge in [-0.15, -0.1) is 0 Å². The second-order valence-electron chi connectivity index (χ2n) is 3.60. The second-order valence-corrected chi connectivity index (χ2v) is 4.03. The largest absolute Gasteiger partial charge is 0.326 e. The first-order chi connectivity index (χ1) is 8.22. The summed E-state index contributed by atoms with van der Waals surface area (Å²) < 4.78 is 1.74. The number of halogens is 1. The molecule has 1 heterocycles. The second kappa shape index (κ2) is 6.50. The van der Waals surface area contributed by atoms with E-state index in [2.05, 4.69) is 11.9 Å². The molecule has 1 aromatic heterocycles. The number of imidazole rings is 1. The van der Waals surface area contributed by atoms with Crippen LogP contribution in [-0.2, 0) is 6.54 Å². The molecule has 0 aliphatic carbocycles. The number of fused-ring (bicyclic) bond motifs is 1. The highest BCUT2D eigenvalue weighted by Gasteiger charge is 2.05. The third-order valence-electron chi connectivity index (χ3n) is 2.47. The predicted molar refractivity (Wildman–Crippen MR) is 73.8 cm³/mol. The quantitative estimate of drug-likeness (QED) is 0.889. The molecule has 1 N–H and O–H groups in total. The summed E-state index contributed by atoms with van der Waals surface area (Å²) in [6.45, 7) is 6.85. The van der Waals surface area contributed by atoms with Crippen LogP contribution in [0.2, 0.25) is 5.02 Å². The Hall–Kier alpha value is -1.22. The zero-order valence-corrected chi connectivity index (χ0v) is 11.3. The van der Waals surface area contributed by atoms with Crippen molar-refractivity contribution in [1.82, 2.24) is 9.55 Å². The van der Waals surface area contributed by atoms with Gasteiger partial charge < -0.3 is 4.98 Å². The van der Waals surface area contributed by atoms with E-state index >= 15 is 0 Å². The standard InChI is InChI=1S/C11H13ClN2O.C2H6/c1-2-3-6-14-10-7-8(12)4-5-9(10)13-11(14)15;1-2/h4-5,7H,2-3,6H2,1H3,(H,13,15);1-2H3. The first-order valence-electron chi connectivity index (χ1n) is 6.10. The molecule has 1 aromatic carbocycles. The van der Waals surface area contributed by atoms with Crippen molar-refractivity contribution in [1.29, 1.82) is 0 Å². The summed E-state index contributed by atoms with van der Waals surface area (Å²) in [5, 5.41) is 0.659. The van der Waals surface area contributed by atoms with Gasteiger partial charge >= 0.3 is 5.69 Å². The third-order valence-corrected chi connectivity index (χ3v) is 2.71. The maximum atomic E-state index is 11.6. The van der Waals surface area contributed by atoms with Gasteiger partial charge in [-0.05, 0) is 24.6 Å². The molecule has 3 nitrogen and oxygen atoms in total. The molecule has 2 rings (SSSR count). The SMILES string of the molecule is CC.CCCCn1c(=O)[nH]c2ccc(Cl)cc21. The van der Waals surface area contributed by atoms with E-state index in [-0.39, 0.29) is 5.69 Å². The van der Waals surface area contributed by atoms with Crippen LogP contribution in [0.1, 0.15) is 33.6 Å². The van der Waals surface area contributed by atoms with Gasteiger partial charge in [-0.2, -0.15) is 0 Å². The summed E-state index contributed by atoms with van der Waals surface area (Å²) in [6.07, 6.45) is 2.07. The van der Waals surface area contributed by atoms with E-state index in [1.54, 1.807) is 10.6 Å². The molecule has 0 aliphatic heterocycles. The highest BCUT2D eigenvalue weighted by atomic mass is 35.5. The minimum absolute atomic E-state index is 0.0549. The Morgan fingerprint density at radius 1 is 1.35 bits per heavy atom. The average Bonchev–Trinajstić information content (AvgIpc) is 2.65. The van der Waals surface area contributed by atoms with E-state index < -0.39 is 0 Å². The molecule has 0 saturated carbocycles. The monoisotopic (exact) mass is 254 g/mol. The molecule has 0 spiro atoms. The number of aryl methyl sites for hydroxylation is 1. The molecule has 17 heavy (non-hydrogen) atoms. The molecule has 0 bridgehead atoms. The fraction of sp³-hybridized carbons (Fsp3) is 0.462. The van der Waals surface area contributed by atoms with Crippen LogP contribution in [0.4, 0.5) is 0 Å². The minimum Gasteiger partial charge on any atom is -0.306 e. The van der Waals surface area contributed by atoms with Crippen LogP contribution in [0.3, 0.4) is 0 Å². The number of unbranched alkanes of at least 4 members (excludes halogenated alkanes) is 1. The number of aromatic amines is 1. The fourth-order valence-corrected chi connectivity index (χ4v) is 1.83. The van der Waals surface area contributed by atoms with Gasteiger partial charge in [0.05, 0.1) is 11.0 Å². The lowest BCUT2D eigenvalue weighted by Crippen LogP contribution is -2.16. The van der Waals surface area contributed by atoms with E-state index in [1.807, 2.05) is 26.0 Å². The van der Waals surface area contributed by atoms with Crippen LogP contribution < -0.4 is 5.69 Å². The topological polar surface area (TPSA) is 37.8 Å². The number of nitrogens with zero attached hydrogens (tertiary/aromatic N) is 1. The average molecular weight is 255 g/mol. The van der Waals surface area contributed by atoms with E-state index in [4.69, 9.17) is 11.6 Å². The van der Waals surface area contributed by atoms with E-state index in [0.717, 1.165) is 30.4 Å². The van der Waals surface area contributed by atoms with Crippen LogP contribution in [0.15, 0.2) is 23.0 Å². The Bertz CT molecular complexity index is 528. The number of rotatable bonds is 3.